The number of rotatable bonds is 5. The van der Waals surface area contributed by atoms with Crippen molar-refractivity contribution in [3.8, 4) is 0 Å². The second-order valence-electron chi connectivity index (χ2n) is 5.44. The number of ketones is 1. The number of thiophene rings is 1. The van der Waals surface area contributed by atoms with Gasteiger partial charge in [0.05, 0.1) is 17.4 Å². The predicted octanol–water partition coefficient (Wildman–Crippen LogP) is 3.84. The predicted molar refractivity (Wildman–Crippen MR) is 92.1 cm³/mol. The molecule has 0 saturated heterocycles. The number of nitrogens with one attached hydrogen (secondary N) is 2. The Morgan fingerprint density at radius 3 is 2.83 bits per heavy atom. The fraction of sp³-hybridized carbons (Fsp3) is 0.235. The van der Waals surface area contributed by atoms with Crippen molar-refractivity contribution in [2.24, 2.45) is 0 Å². The number of Topliss-reactive ketones (excluding diaryl/α,β-unsaturated/α-hetero) is 1. The van der Waals surface area contributed by atoms with E-state index in [1.54, 1.807) is 17.5 Å². The molecule has 0 fully saturated rings. The molecule has 0 bridgehead atoms. The molecule has 23 heavy (non-hydrogen) atoms. The minimum Gasteiger partial charge on any atom is -0.324 e. The third-order valence-electron chi connectivity index (χ3n) is 3.67. The summed E-state index contributed by atoms with van der Waals surface area (Å²) < 4.78 is 0. The van der Waals surface area contributed by atoms with E-state index in [9.17, 15) is 9.59 Å². The van der Waals surface area contributed by atoms with Gasteiger partial charge >= 0.3 is 0 Å². The Bertz CT molecular complexity index is 879. The molecule has 0 aliphatic heterocycles. The van der Waals surface area contributed by atoms with Crippen LogP contribution in [0, 0.1) is 13.8 Å². The molecule has 2 N–H and O–H groups in total. The van der Waals surface area contributed by atoms with Crippen LogP contribution in [0.5, 0.6) is 0 Å². The summed E-state index contributed by atoms with van der Waals surface area (Å²) in [6.07, 6.45) is 2.08. The van der Waals surface area contributed by atoms with Crippen LogP contribution in [0.25, 0.3) is 10.9 Å². The number of aromatic amines is 1. The van der Waals surface area contributed by atoms with Gasteiger partial charge in [-0.15, -0.1) is 11.3 Å². The maximum Gasteiger partial charge on any atom is 0.224 e. The zero-order valence-corrected chi connectivity index (χ0v) is 13.8. The van der Waals surface area contributed by atoms with Crippen molar-refractivity contribution in [2.75, 3.05) is 5.32 Å². The molecule has 118 valence electrons. The zero-order chi connectivity index (χ0) is 16.4. The maximum atomic E-state index is 12.2. The van der Waals surface area contributed by atoms with Crippen LogP contribution >= 0.6 is 11.3 Å². The molecule has 0 aliphatic carbocycles. The van der Waals surface area contributed by atoms with E-state index in [4.69, 9.17) is 0 Å². The number of H-pyrrole nitrogens is 1. The smallest absolute Gasteiger partial charge is 0.224 e. The van der Waals surface area contributed by atoms with Crippen LogP contribution in [0.4, 0.5) is 5.69 Å². The van der Waals surface area contributed by atoms with Crippen LogP contribution in [0.1, 0.15) is 33.0 Å². The Kier molecular flexibility index (Phi) is 4.25. The lowest BCUT2D eigenvalue weighted by Crippen LogP contribution is -2.13. The van der Waals surface area contributed by atoms with Gasteiger partial charge in [0, 0.05) is 33.5 Å². The van der Waals surface area contributed by atoms with Gasteiger partial charge in [-0.2, -0.15) is 5.10 Å². The molecule has 3 aromatic rings. The fourth-order valence-corrected chi connectivity index (χ4v) is 3.50. The second-order valence-corrected chi connectivity index (χ2v) is 6.90. The van der Waals surface area contributed by atoms with Crippen LogP contribution in [0.15, 0.2) is 30.5 Å². The Labute approximate surface area is 137 Å². The average molecular weight is 327 g/mol. The van der Waals surface area contributed by atoms with Gasteiger partial charge in [-0.1, -0.05) is 12.1 Å². The van der Waals surface area contributed by atoms with Gasteiger partial charge in [0.15, 0.2) is 5.78 Å². The number of hydrogen-bond donors (Lipinski definition) is 2. The summed E-state index contributed by atoms with van der Waals surface area (Å²) in [5.41, 5.74) is 2.20. The third-order valence-corrected chi connectivity index (χ3v) is 4.64. The number of hydrogen-bond acceptors (Lipinski definition) is 4. The van der Waals surface area contributed by atoms with E-state index in [-0.39, 0.29) is 24.5 Å². The molecule has 2 heterocycles. The number of para-hydroxylation sites is 1. The van der Waals surface area contributed by atoms with E-state index < -0.39 is 0 Å². The number of amides is 1. The van der Waals surface area contributed by atoms with Gasteiger partial charge in [-0.3, -0.25) is 14.7 Å². The largest absolute Gasteiger partial charge is 0.324 e. The standard InChI is InChI=1S/C17H17N3O2S/c1-10-8-13(11(2)23-10)15(21)6-7-16(22)19-14-5-3-4-12-9-18-20-17(12)14/h3-5,8-9H,6-7H2,1-2H3,(H,18,20)(H,19,22). The van der Waals surface area contributed by atoms with Gasteiger partial charge in [0.25, 0.3) is 0 Å². The topological polar surface area (TPSA) is 74.8 Å². The van der Waals surface area contributed by atoms with Gasteiger partial charge < -0.3 is 5.32 Å². The third kappa shape index (κ3) is 3.32. The monoisotopic (exact) mass is 327 g/mol. The van der Waals surface area contributed by atoms with Crippen LogP contribution in [-0.4, -0.2) is 21.9 Å². The lowest BCUT2D eigenvalue weighted by atomic mass is 10.1. The lowest BCUT2D eigenvalue weighted by Gasteiger charge is -2.06. The molecule has 0 radical (unpaired) electrons. The van der Waals surface area contributed by atoms with Crippen molar-refractivity contribution in [1.82, 2.24) is 10.2 Å². The summed E-state index contributed by atoms with van der Waals surface area (Å²) in [5, 5.41) is 10.6. The highest BCUT2D eigenvalue weighted by Gasteiger charge is 2.14. The zero-order valence-electron chi connectivity index (χ0n) is 13.0. The molecular weight excluding hydrogens is 310 g/mol. The molecule has 0 spiro atoms. The first-order valence-electron chi connectivity index (χ1n) is 7.37. The minimum atomic E-state index is -0.176. The molecule has 5 nitrogen and oxygen atoms in total. The van der Waals surface area contributed by atoms with Crippen molar-refractivity contribution in [3.63, 3.8) is 0 Å². The quantitative estimate of drug-likeness (QED) is 0.699. The molecule has 0 aliphatic rings. The van der Waals surface area contributed by atoms with Gasteiger partial charge in [0.2, 0.25) is 5.91 Å². The molecule has 0 unspecified atom stereocenters. The number of aryl methyl sites for hydroxylation is 2. The van der Waals surface area contributed by atoms with Gasteiger partial charge in [-0.05, 0) is 26.0 Å². The Morgan fingerprint density at radius 1 is 1.26 bits per heavy atom. The summed E-state index contributed by atoms with van der Waals surface area (Å²) in [6, 6.07) is 7.48. The van der Waals surface area contributed by atoms with E-state index in [1.165, 1.54) is 0 Å². The summed E-state index contributed by atoms with van der Waals surface area (Å²) in [7, 11) is 0. The Balaban J connectivity index is 1.63. The van der Waals surface area contributed by atoms with Crippen molar-refractivity contribution in [1.29, 1.82) is 0 Å². The van der Waals surface area contributed by atoms with E-state index in [0.29, 0.717) is 5.69 Å². The minimum absolute atomic E-state index is 0.0155. The van der Waals surface area contributed by atoms with Gasteiger partial charge in [0.1, 0.15) is 0 Å². The summed E-state index contributed by atoms with van der Waals surface area (Å²) in [5.74, 6) is -0.160. The molecule has 3 rings (SSSR count). The number of carbonyl (C=O) groups excluding carboxylic acids is 2. The van der Waals surface area contributed by atoms with Crippen LogP contribution < -0.4 is 5.32 Å². The first-order chi connectivity index (χ1) is 11.0. The number of fused-ring (bicyclic) bond motifs is 1. The fourth-order valence-electron chi connectivity index (χ4n) is 2.56. The number of nitrogens with zero attached hydrogens (tertiary/aromatic N) is 1. The van der Waals surface area contributed by atoms with Crippen LogP contribution in [0.2, 0.25) is 0 Å². The lowest BCUT2D eigenvalue weighted by molar-refractivity contribution is -0.116. The Morgan fingerprint density at radius 2 is 2.09 bits per heavy atom. The van der Waals surface area contributed by atoms with Crippen LogP contribution in [0.3, 0.4) is 0 Å². The molecule has 1 aromatic carbocycles. The molecule has 2 aromatic heterocycles. The molecule has 0 saturated carbocycles. The van der Waals surface area contributed by atoms with Crippen molar-refractivity contribution in [3.05, 3.63) is 45.8 Å². The first-order valence-corrected chi connectivity index (χ1v) is 8.18. The van der Waals surface area contributed by atoms with E-state index in [0.717, 1.165) is 26.2 Å². The molecular formula is C17H17N3O2S. The van der Waals surface area contributed by atoms with E-state index in [1.807, 2.05) is 38.1 Å². The number of benzene rings is 1. The van der Waals surface area contributed by atoms with E-state index in [2.05, 4.69) is 15.5 Å². The van der Waals surface area contributed by atoms with E-state index >= 15 is 0 Å². The highest BCUT2D eigenvalue weighted by Crippen LogP contribution is 2.23. The molecule has 6 heteroatoms. The highest BCUT2D eigenvalue weighted by molar-refractivity contribution is 7.12. The molecule has 0 atom stereocenters. The molecule has 1 amide bonds. The number of carbonyl (C=O) groups is 2. The average Bonchev–Trinajstić information content (AvgIpc) is 3.11. The van der Waals surface area contributed by atoms with Gasteiger partial charge in [-0.25, -0.2) is 0 Å². The number of aromatic nitrogens is 2. The highest BCUT2D eigenvalue weighted by atomic mass is 32.1. The summed E-state index contributed by atoms with van der Waals surface area (Å²) in [6.45, 7) is 3.91. The Hall–Kier alpha value is -2.47. The SMILES string of the molecule is Cc1cc(C(=O)CCC(=O)Nc2cccc3cn[nH]c23)c(C)s1. The summed E-state index contributed by atoms with van der Waals surface area (Å²) in [4.78, 5) is 26.4. The van der Waals surface area contributed by atoms with Crippen LogP contribution in [-0.2, 0) is 4.79 Å². The second kappa shape index (κ2) is 6.34. The van der Waals surface area contributed by atoms with Crippen molar-refractivity contribution in [2.45, 2.75) is 26.7 Å². The van der Waals surface area contributed by atoms with Crippen molar-refractivity contribution >= 4 is 39.6 Å². The first kappa shape index (κ1) is 15.4. The maximum absolute atomic E-state index is 12.2. The normalized spacial score (nSPS) is 10.9. The van der Waals surface area contributed by atoms with Crippen molar-refractivity contribution < 1.29 is 9.59 Å². The number of anilines is 1. The summed E-state index contributed by atoms with van der Waals surface area (Å²) >= 11 is 1.60.